The first kappa shape index (κ1) is 16.5. The van der Waals surface area contributed by atoms with Crippen LogP contribution in [0.5, 0.6) is 0 Å². The molecule has 0 spiro atoms. The summed E-state index contributed by atoms with van der Waals surface area (Å²) < 4.78 is 0. The van der Waals surface area contributed by atoms with E-state index >= 15 is 0 Å². The number of H-pyrrole nitrogens is 1. The summed E-state index contributed by atoms with van der Waals surface area (Å²) in [5.41, 5.74) is 9.09. The Bertz CT molecular complexity index is 830. The Hall–Kier alpha value is -1.99. The first-order valence-electron chi connectivity index (χ1n) is 8.72. The molecule has 1 saturated carbocycles. The average molecular weight is 357 g/mol. The fourth-order valence-corrected chi connectivity index (χ4v) is 4.55. The summed E-state index contributed by atoms with van der Waals surface area (Å²) in [7, 11) is 0. The third-order valence-electron chi connectivity index (χ3n) is 4.95. The number of thioether (sulfide) groups is 1. The second-order valence-corrected chi connectivity index (χ2v) is 7.94. The predicted molar refractivity (Wildman–Crippen MR) is 102 cm³/mol. The van der Waals surface area contributed by atoms with Crippen molar-refractivity contribution in [3.8, 4) is 0 Å². The molecule has 1 aliphatic heterocycles. The van der Waals surface area contributed by atoms with Crippen molar-refractivity contribution in [2.24, 2.45) is 5.73 Å². The normalized spacial score (nSPS) is 23.8. The lowest BCUT2D eigenvalue weighted by atomic mass is 10.2. The summed E-state index contributed by atoms with van der Waals surface area (Å²) in [5.74, 6) is 0.904. The number of rotatable bonds is 3. The van der Waals surface area contributed by atoms with Gasteiger partial charge in [-0.2, -0.15) is 0 Å². The Morgan fingerprint density at radius 1 is 1.48 bits per heavy atom. The molecular weight excluding hydrogens is 334 g/mol. The Morgan fingerprint density at radius 3 is 3.16 bits per heavy atom. The van der Waals surface area contributed by atoms with Crippen LogP contribution in [0.15, 0.2) is 29.6 Å². The van der Waals surface area contributed by atoms with Crippen molar-refractivity contribution in [2.45, 2.75) is 38.3 Å². The van der Waals surface area contributed by atoms with Gasteiger partial charge in [0.25, 0.3) is 5.91 Å². The molecule has 132 valence electrons. The highest BCUT2D eigenvalue weighted by molar-refractivity contribution is 8.04. The van der Waals surface area contributed by atoms with Gasteiger partial charge < -0.3 is 20.9 Å². The number of fused-ring (bicyclic) bond motifs is 1. The lowest BCUT2D eigenvalue weighted by molar-refractivity contribution is -0.117. The highest BCUT2D eigenvalue weighted by Crippen LogP contribution is 2.32. The molecule has 2 atom stereocenters. The van der Waals surface area contributed by atoms with Crippen molar-refractivity contribution in [3.05, 3.63) is 35.1 Å². The third-order valence-corrected chi connectivity index (χ3v) is 5.94. The van der Waals surface area contributed by atoms with Crippen molar-refractivity contribution in [2.75, 3.05) is 17.2 Å². The van der Waals surface area contributed by atoms with Gasteiger partial charge in [-0.05, 0) is 37.8 Å². The van der Waals surface area contributed by atoms with Crippen LogP contribution >= 0.6 is 11.8 Å². The molecule has 0 saturated heterocycles. The second kappa shape index (κ2) is 6.72. The molecule has 2 aliphatic rings. The minimum absolute atomic E-state index is 0.0184. The second-order valence-electron chi connectivity index (χ2n) is 6.80. The van der Waals surface area contributed by atoms with E-state index < -0.39 is 0 Å². The SMILES string of the molecule is Cc1c[nH]c2nccc(N3C=C(C(=O)N[C@@H]4CC[C@@H](N)C4)SCC3)c12. The maximum Gasteiger partial charge on any atom is 0.259 e. The van der Waals surface area contributed by atoms with Crippen LogP contribution in [0.1, 0.15) is 24.8 Å². The van der Waals surface area contributed by atoms with Crippen LogP contribution in [-0.4, -0.2) is 40.3 Å². The smallest absolute Gasteiger partial charge is 0.259 e. The van der Waals surface area contributed by atoms with Crippen LogP contribution in [-0.2, 0) is 4.79 Å². The molecule has 2 aromatic rings. The van der Waals surface area contributed by atoms with Crippen molar-refractivity contribution in [1.82, 2.24) is 15.3 Å². The fourth-order valence-electron chi connectivity index (χ4n) is 3.65. The third kappa shape index (κ3) is 3.26. The van der Waals surface area contributed by atoms with Crippen LogP contribution in [0.4, 0.5) is 5.69 Å². The van der Waals surface area contributed by atoms with Crippen LogP contribution in [0, 0.1) is 6.92 Å². The number of nitrogens with one attached hydrogen (secondary N) is 2. The molecule has 7 heteroatoms. The van der Waals surface area contributed by atoms with E-state index in [2.05, 4.69) is 27.1 Å². The Labute approximate surface area is 151 Å². The Morgan fingerprint density at radius 2 is 2.36 bits per heavy atom. The number of aryl methyl sites for hydroxylation is 1. The van der Waals surface area contributed by atoms with Gasteiger partial charge in [-0.15, -0.1) is 11.8 Å². The van der Waals surface area contributed by atoms with Crippen molar-refractivity contribution < 1.29 is 4.79 Å². The summed E-state index contributed by atoms with van der Waals surface area (Å²) in [6, 6.07) is 2.44. The van der Waals surface area contributed by atoms with E-state index in [4.69, 9.17) is 5.73 Å². The number of pyridine rings is 1. The molecule has 0 unspecified atom stereocenters. The summed E-state index contributed by atoms with van der Waals surface area (Å²) >= 11 is 1.62. The molecule has 0 aromatic carbocycles. The molecule has 0 bridgehead atoms. The lowest BCUT2D eigenvalue weighted by Crippen LogP contribution is -2.36. The summed E-state index contributed by atoms with van der Waals surface area (Å²) in [6.07, 6.45) is 8.59. The van der Waals surface area contributed by atoms with Gasteiger partial charge in [-0.3, -0.25) is 4.79 Å². The number of anilines is 1. The number of carbonyl (C=O) groups is 1. The zero-order chi connectivity index (χ0) is 17.4. The van der Waals surface area contributed by atoms with Crippen LogP contribution < -0.4 is 16.0 Å². The van der Waals surface area contributed by atoms with E-state index in [-0.39, 0.29) is 18.0 Å². The van der Waals surface area contributed by atoms with Gasteiger partial charge in [-0.1, -0.05) is 0 Å². The van der Waals surface area contributed by atoms with Gasteiger partial charge in [-0.25, -0.2) is 4.98 Å². The maximum absolute atomic E-state index is 12.6. The number of amides is 1. The topological polar surface area (TPSA) is 87.0 Å². The molecule has 1 amide bonds. The summed E-state index contributed by atoms with van der Waals surface area (Å²) in [6.45, 7) is 2.95. The Balaban J connectivity index is 1.57. The van der Waals surface area contributed by atoms with Crippen LogP contribution in [0.2, 0.25) is 0 Å². The molecule has 6 nitrogen and oxygen atoms in total. The first-order chi connectivity index (χ1) is 12.1. The largest absolute Gasteiger partial charge is 0.349 e. The van der Waals surface area contributed by atoms with E-state index in [9.17, 15) is 4.79 Å². The molecule has 2 aromatic heterocycles. The van der Waals surface area contributed by atoms with Gasteiger partial charge in [0.2, 0.25) is 0 Å². The monoisotopic (exact) mass is 357 g/mol. The molecule has 3 heterocycles. The van der Waals surface area contributed by atoms with Gasteiger partial charge in [0.1, 0.15) is 5.65 Å². The van der Waals surface area contributed by atoms with E-state index in [1.165, 1.54) is 0 Å². The fraction of sp³-hybridized carbons (Fsp3) is 0.444. The predicted octanol–water partition coefficient (Wildman–Crippen LogP) is 2.26. The molecule has 4 rings (SSSR count). The minimum Gasteiger partial charge on any atom is -0.349 e. The molecule has 25 heavy (non-hydrogen) atoms. The minimum atomic E-state index is 0.0184. The molecule has 1 aliphatic carbocycles. The van der Waals surface area contributed by atoms with E-state index in [1.807, 2.05) is 24.7 Å². The highest BCUT2D eigenvalue weighted by atomic mass is 32.2. The molecule has 0 radical (unpaired) electrons. The number of nitrogens with two attached hydrogens (primary N) is 1. The number of carbonyl (C=O) groups excluding carboxylic acids is 1. The number of hydrogen-bond donors (Lipinski definition) is 3. The van der Waals surface area contributed by atoms with Gasteiger partial charge >= 0.3 is 0 Å². The van der Waals surface area contributed by atoms with Gasteiger partial charge in [0, 0.05) is 48.4 Å². The van der Waals surface area contributed by atoms with Gasteiger partial charge in [0.05, 0.1) is 10.6 Å². The molecule has 4 N–H and O–H groups in total. The first-order valence-corrected chi connectivity index (χ1v) is 9.71. The maximum atomic E-state index is 12.6. The average Bonchev–Trinajstić information content (AvgIpc) is 3.21. The highest BCUT2D eigenvalue weighted by Gasteiger charge is 2.26. The number of aromatic amines is 1. The van der Waals surface area contributed by atoms with Crippen LogP contribution in [0.25, 0.3) is 11.0 Å². The van der Waals surface area contributed by atoms with Crippen LogP contribution in [0.3, 0.4) is 0 Å². The number of nitrogens with zero attached hydrogens (tertiary/aromatic N) is 2. The summed E-state index contributed by atoms with van der Waals surface area (Å²) in [4.78, 5) is 23.2. The van der Waals surface area contributed by atoms with Crippen molar-refractivity contribution in [3.63, 3.8) is 0 Å². The van der Waals surface area contributed by atoms with E-state index in [1.54, 1.807) is 11.8 Å². The molecule has 1 fully saturated rings. The van der Waals surface area contributed by atoms with Gasteiger partial charge in [0.15, 0.2) is 0 Å². The standard InChI is InChI=1S/C18H23N5OS/c1-11-9-21-17-16(11)14(4-5-20-17)23-6-7-25-15(10-23)18(24)22-13-3-2-12(19)8-13/h4-5,9-10,12-13H,2-3,6-8,19H2,1H3,(H,20,21)(H,22,24)/t12-,13-/m1/s1. The summed E-state index contributed by atoms with van der Waals surface area (Å²) in [5, 5.41) is 4.26. The lowest BCUT2D eigenvalue weighted by Gasteiger charge is -2.27. The molecular formula is C18H23N5OS. The Kier molecular flexibility index (Phi) is 4.43. The van der Waals surface area contributed by atoms with E-state index in [0.717, 1.165) is 58.7 Å². The zero-order valence-corrected chi connectivity index (χ0v) is 15.1. The van der Waals surface area contributed by atoms with E-state index in [0.29, 0.717) is 0 Å². The quantitative estimate of drug-likeness (QED) is 0.784. The number of aromatic nitrogens is 2. The van der Waals surface area contributed by atoms with Crippen molar-refractivity contribution >= 4 is 34.4 Å². The zero-order valence-electron chi connectivity index (χ0n) is 14.3. The van der Waals surface area contributed by atoms with Crippen molar-refractivity contribution in [1.29, 1.82) is 0 Å². The number of hydrogen-bond acceptors (Lipinski definition) is 5.